The minimum atomic E-state index is -0.286. The molecule has 0 bridgehead atoms. The highest BCUT2D eigenvalue weighted by Gasteiger charge is 2.24. The summed E-state index contributed by atoms with van der Waals surface area (Å²) < 4.78 is 5.87. The van der Waals surface area contributed by atoms with E-state index in [4.69, 9.17) is 4.74 Å². The van der Waals surface area contributed by atoms with Gasteiger partial charge in [-0.2, -0.15) is 0 Å². The van der Waals surface area contributed by atoms with Gasteiger partial charge in [-0.1, -0.05) is 18.2 Å². The van der Waals surface area contributed by atoms with Crippen molar-refractivity contribution in [3.63, 3.8) is 0 Å². The molecule has 0 aliphatic heterocycles. The van der Waals surface area contributed by atoms with Crippen LogP contribution in [0.1, 0.15) is 25.7 Å². The molecule has 1 atom stereocenters. The second-order valence-corrected chi connectivity index (χ2v) is 4.65. The Kier molecular flexibility index (Phi) is 2.97. The first-order valence-corrected chi connectivity index (χ1v) is 6.38. The lowest BCUT2D eigenvalue weighted by molar-refractivity contribution is -0.127. The first-order chi connectivity index (χ1) is 8.84. The number of Topliss-reactive ketones (excluding diaryl/α,β-unsaturated/α-hetero) is 1. The molecule has 0 saturated heterocycles. The minimum absolute atomic E-state index is 0.217. The molecule has 3 nitrogen and oxygen atoms in total. The second-order valence-electron chi connectivity index (χ2n) is 4.65. The van der Waals surface area contributed by atoms with Crippen LogP contribution in [0.25, 0.3) is 10.9 Å². The molecule has 1 saturated carbocycles. The van der Waals surface area contributed by atoms with E-state index in [1.54, 1.807) is 6.20 Å². The van der Waals surface area contributed by atoms with Crippen LogP contribution in [0.3, 0.4) is 0 Å². The Balaban J connectivity index is 1.92. The molecular formula is C15H15NO2. The van der Waals surface area contributed by atoms with Gasteiger partial charge in [0.25, 0.3) is 0 Å². The number of pyridine rings is 1. The maximum atomic E-state index is 11.8. The highest BCUT2D eigenvalue weighted by Crippen LogP contribution is 2.27. The van der Waals surface area contributed by atoms with E-state index in [2.05, 4.69) is 4.98 Å². The largest absolute Gasteiger partial charge is 0.480 e. The summed E-state index contributed by atoms with van der Waals surface area (Å²) in [6.45, 7) is 0. The van der Waals surface area contributed by atoms with Gasteiger partial charge in [0.1, 0.15) is 11.3 Å². The number of aromatic nitrogens is 1. The van der Waals surface area contributed by atoms with E-state index < -0.39 is 0 Å². The normalized spacial score (nSPS) is 20.0. The second kappa shape index (κ2) is 4.77. The van der Waals surface area contributed by atoms with E-state index in [1.807, 2.05) is 30.3 Å². The maximum Gasteiger partial charge on any atom is 0.173 e. The van der Waals surface area contributed by atoms with Crippen molar-refractivity contribution in [2.45, 2.75) is 31.8 Å². The van der Waals surface area contributed by atoms with Crippen LogP contribution < -0.4 is 4.74 Å². The zero-order valence-corrected chi connectivity index (χ0v) is 10.1. The topological polar surface area (TPSA) is 39.2 Å². The third kappa shape index (κ3) is 2.08. The van der Waals surface area contributed by atoms with Gasteiger partial charge in [0, 0.05) is 18.0 Å². The van der Waals surface area contributed by atoms with Gasteiger partial charge >= 0.3 is 0 Å². The number of carbonyl (C=O) groups excluding carboxylic acids is 1. The Morgan fingerprint density at radius 2 is 2.06 bits per heavy atom. The van der Waals surface area contributed by atoms with Crippen molar-refractivity contribution >= 4 is 16.7 Å². The SMILES string of the molecule is O=C1CCCCC1Oc1cccc2cccnc12. The van der Waals surface area contributed by atoms with Crippen molar-refractivity contribution in [1.29, 1.82) is 0 Å². The average Bonchev–Trinajstić information content (AvgIpc) is 2.42. The van der Waals surface area contributed by atoms with Crippen molar-refractivity contribution < 1.29 is 9.53 Å². The maximum absolute atomic E-state index is 11.8. The summed E-state index contributed by atoms with van der Waals surface area (Å²) >= 11 is 0. The number of nitrogens with zero attached hydrogens (tertiary/aromatic N) is 1. The van der Waals surface area contributed by atoms with Crippen LogP contribution in [0, 0.1) is 0 Å². The third-order valence-corrected chi connectivity index (χ3v) is 3.36. The highest BCUT2D eigenvalue weighted by molar-refractivity contribution is 5.86. The number of rotatable bonds is 2. The standard InChI is InChI=1S/C15H15NO2/c17-12-7-1-2-8-13(12)18-14-9-3-5-11-6-4-10-16-15(11)14/h3-6,9-10,13H,1-2,7-8H2. The van der Waals surface area contributed by atoms with Gasteiger partial charge in [0.05, 0.1) is 0 Å². The van der Waals surface area contributed by atoms with Crippen LogP contribution in [0.5, 0.6) is 5.75 Å². The van der Waals surface area contributed by atoms with Crippen molar-refractivity contribution in [1.82, 2.24) is 4.98 Å². The number of benzene rings is 1. The molecule has 0 spiro atoms. The molecule has 0 amide bonds. The fraction of sp³-hybridized carbons (Fsp3) is 0.333. The fourth-order valence-corrected chi connectivity index (χ4v) is 2.40. The Morgan fingerprint density at radius 3 is 2.94 bits per heavy atom. The molecule has 1 heterocycles. The van der Waals surface area contributed by atoms with Gasteiger partial charge in [-0.05, 0) is 31.4 Å². The fourth-order valence-electron chi connectivity index (χ4n) is 2.40. The molecule has 3 heteroatoms. The number of fused-ring (bicyclic) bond motifs is 1. The molecule has 1 unspecified atom stereocenters. The van der Waals surface area contributed by atoms with Gasteiger partial charge in [-0.15, -0.1) is 0 Å². The van der Waals surface area contributed by atoms with E-state index in [0.29, 0.717) is 12.2 Å². The van der Waals surface area contributed by atoms with Crippen molar-refractivity contribution in [3.8, 4) is 5.75 Å². The van der Waals surface area contributed by atoms with Gasteiger partial charge < -0.3 is 4.74 Å². The van der Waals surface area contributed by atoms with Gasteiger partial charge in [-0.25, -0.2) is 0 Å². The van der Waals surface area contributed by atoms with Crippen LogP contribution in [0.4, 0.5) is 0 Å². The van der Waals surface area contributed by atoms with Crippen LogP contribution in [0.2, 0.25) is 0 Å². The third-order valence-electron chi connectivity index (χ3n) is 3.36. The van der Waals surface area contributed by atoms with E-state index >= 15 is 0 Å². The molecule has 1 aliphatic carbocycles. The number of para-hydroxylation sites is 1. The summed E-state index contributed by atoms with van der Waals surface area (Å²) in [7, 11) is 0. The Morgan fingerprint density at radius 1 is 1.17 bits per heavy atom. The van der Waals surface area contributed by atoms with E-state index in [9.17, 15) is 4.79 Å². The lowest BCUT2D eigenvalue weighted by Crippen LogP contribution is -2.30. The molecule has 1 aromatic heterocycles. The molecule has 2 aromatic rings. The minimum Gasteiger partial charge on any atom is -0.480 e. The summed E-state index contributed by atoms with van der Waals surface area (Å²) in [5, 5.41) is 1.04. The van der Waals surface area contributed by atoms with Crippen molar-refractivity contribution in [2.24, 2.45) is 0 Å². The molecule has 3 rings (SSSR count). The molecule has 92 valence electrons. The first-order valence-electron chi connectivity index (χ1n) is 6.38. The number of hydrogen-bond donors (Lipinski definition) is 0. The Hall–Kier alpha value is -1.90. The first kappa shape index (κ1) is 11.2. The van der Waals surface area contributed by atoms with Crippen molar-refractivity contribution in [3.05, 3.63) is 36.5 Å². The van der Waals surface area contributed by atoms with Gasteiger partial charge in [0.2, 0.25) is 0 Å². The number of ketones is 1. The van der Waals surface area contributed by atoms with E-state index in [0.717, 1.165) is 30.2 Å². The molecule has 0 radical (unpaired) electrons. The zero-order valence-electron chi connectivity index (χ0n) is 10.1. The number of carbonyl (C=O) groups is 1. The summed E-state index contributed by atoms with van der Waals surface area (Å²) in [6.07, 6.45) is 4.98. The molecule has 1 fully saturated rings. The average molecular weight is 241 g/mol. The summed E-state index contributed by atoms with van der Waals surface area (Å²) in [5.41, 5.74) is 0.832. The summed E-state index contributed by atoms with van der Waals surface area (Å²) in [4.78, 5) is 16.1. The number of ether oxygens (including phenoxy) is 1. The molecule has 18 heavy (non-hydrogen) atoms. The van der Waals surface area contributed by atoms with Crippen LogP contribution >= 0.6 is 0 Å². The monoisotopic (exact) mass is 241 g/mol. The highest BCUT2D eigenvalue weighted by atomic mass is 16.5. The van der Waals surface area contributed by atoms with Crippen LogP contribution in [-0.2, 0) is 4.79 Å². The summed E-state index contributed by atoms with van der Waals surface area (Å²) in [5.74, 6) is 0.933. The molecule has 1 aromatic carbocycles. The van der Waals surface area contributed by atoms with E-state index in [-0.39, 0.29) is 11.9 Å². The summed E-state index contributed by atoms with van der Waals surface area (Å²) in [6, 6.07) is 9.72. The zero-order chi connectivity index (χ0) is 12.4. The van der Waals surface area contributed by atoms with E-state index in [1.165, 1.54) is 0 Å². The predicted octanol–water partition coefficient (Wildman–Crippen LogP) is 3.13. The molecule has 0 N–H and O–H groups in total. The van der Waals surface area contributed by atoms with Crippen molar-refractivity contribution in [2.75, 3.05) is 0 Å². The lowest BCUT2D eigenvalue weighted by atomic mass is 9.96. The Bertz CT molecular complexity index is 574. The van der Waals surface area contributed by atoms with Crippen LogP contribution in [0.15, 0.2) is 36.5 Å². The lowest BCUT2D eigenvalue weighted by Gasteiger charge is -2.22. The van der Waals surface area contributed by atoms with Crippen LogP contribution in [-0.4, -0.2) is 16.9 Å². The number of hydrogen-bond acceptors (Lipinski definition) is 3. The Labute approximate surface area is 106 Å². The molecular weight excluding hydrogens is 226 g/mol. The quantitative estimate of drug-likeness (QED) is 0.810. The smallest absolute Gasteiger partial charge is 0.173 e. The molecule has 1 aliphatic rings. The van der Waals surface area contributed by atoms with Gasteiger partial charge in [0.15, 0.2) is 11.9 Å². The predicted molar refractivity (Wildman–Crippen MR) is 69.6 cm³/mol. The van der Waals surface area contributed by atoms with Gasteiger partial charge in [-0.3, -0.25) is 9.78 Å².